The Morgan fingerprint density at radius 2 is 1.70 bits per heavy atom. The number of allylic oxidation sites excluding steroid dienone is 4. The van der Waals surface area contributed by atoms with Gasteiger partial charge in [-0.05, 0) is 44.3 Å². The summed E-state index contributed by atoms with van der Waals surface area (Å²) in [5, 5.41) is 8.68. The van der Waals surface area contributed by atoms with Gasteiger partial charge in [0, 0.05) is 0 Å². The molecule has 0 saturated heterocycles. The second-order valence-corrected chi connectivity index (χ2v) is 6.23. The minimum atomic E-state index is -0.679. The Hall–Kier alpha value is -0.700. The van der Waals surface area contributed by atoms with Gasteiger partial charge in [-0.25, -0.2) is 0 Å². The highest BCUT2D eigenvalue weighted by atomic mass is 32.2. The number of aliphatic carboxylic acids is 1. The molecule has 0 rings (SSSR count). The first-order chi connectivity index (χ1) is 9.72. The number of carbonyl (C=O) groups is 1. The molecule has 20 heavy (non-hydrogen) atoms. The van der Waals surface area contributed by atoms with E-state index >= 15 is 0 Å². The van der Waals surface area contributed by atoms with Crippen molar-refractivity contribution in [2.75, 3.05) is 5.75 Å². The third kappa shape index (κ3) is 12.3. The van der Waals surface area contributed by atoms with Crippen molar-refractivity contribution in [1.29, 1.82) is 0 Å². The second kappa shape index (κ2) is 14.7. The molecule has 0 fully saturated rings. The number of rotatable bonds is 13. The van der Waals surface area contributed by atoms with Crippen LogP contribution in [0.5, 0.6) is 0 Å². The summed E-state index contributed by atoms with van der Waals surface area (Å²) in [6, 6.07) is 0. The van der Waals surface area contributed by atoms with E-state index in [-0.39, 0.29) is 5.25 Å². The van der Waals surface area contributed by atoms with Crippen LogP contribution in [0.4, 0.5) is 0 Å². The predicted octanol–water partition coefficient (Wildman–Crippen LogP) is 5.45. The number of thioether (sulfide) groups is 1. The maximum Gasteiger partial charge on any atom is 0.316 e. The molecule has 0 radical (unpaired) electrons. The third-order valence-corrected chi connectivity index (χ3v) is 4.52. The van der Waals surface area contributed by atoms with Gasteiger partial charge in [-0.1, -0.05) is 51.0 Å². The third-order valence-electron chi connectivity index (χ3n) is 3.06. The summed E-state index contributed by atoms with van der Waals surface area (Å²) in [6.45, 7) is 4.16. The first-order valence-electron chi connectivity index (χ1n) is 7.86. The van der Waals surface area contributed by atoms with Crippen molar-refractivity contribution in [3.05, 3.63) is 24.3 Å². The Kier molecular flexibility index (Phi) is 14.2. The van der Waals surface area contributed by atoms with Crippen molar-refractivity contribution in [3.63, 3.8) is 0 Å². The van der Waals surface area contributed by atoms with Gasteiger partial charge >= 0.3 is 5.97 Å². The van der Waals surface area contributed by atoms with Crippen molar-refractivity contribution in [3.8, 4) is 0 Å². The fraction of sp³-hybridized carbons (Fsp3) is 0.706. The number of carboxylic acids is 1. The van der Waals surface area contributed by atoms with Crippen LogP contribution in [0.25, 0.3) is 0 Å². The molecule has 0 aliphatic carbocycles. The van der Waals surface area contributed by atoms with Crippen LogP contribution in [0.15, 0.2) is 24.3 Å². The number of hydrogen-bond acceptors (Lipinski definition) is 2. The fourth-order valence-electron chi connectivity index (χ4n) is 1.81. The fourth-order valence-corrected chi connectivity index (χ4v) is 2.81. The molecule has 0 bridgehead atoms. The van der Waals surface area contributed by atoms with E-state index < -0.39 is 5.97 Å². The Bertz CT molecular complexity index is 285. The highest BCUT2D eigenvalue weighted by Crippen LogP contribution is 2.16. The zero-order valence-electron chi connectivity index (χ0n) is 13.0. The molecular weight excluding hydrogens is 268 g/mol. The van der Waals surface area contributed by atoms with E-state index in [1.807, 2.05) is 6.92 Å². The highest BCUT2D eigenvalue weighted by Gasteiger charge is 2.13. The van der Waals surface area contributed by atoms with Crippen molar-refractivity contribution >= 4 is 17.7 Å². The summed E-state index contributed by atoms with van der Waals surface area (Å²) in [4.78, 5) is 10.8. The van der Waals surface area contributed by atoms with Gasteiger partial charge in [0.25, 0.3) is 0 Å². The van der Waals surface area contributed by atoms with Gasteiger partial charge in [-0.15, -0.1) is 11.8 Å². The Morgan fingerprint density at radius 3 is 2.25 bits per heavy atom. The zero-order valence-corrected chi connectivity index (χ0v) is 13.8. The molecule has 0 aromatic heterocycles. The Labute approximate surface area is 128 Å². The lowest BCUT2D eigenvalue weighted by atomic mass is 10.2. The topological polar surface area (TPSA) is 37.3 Å². The molecule has 0 spiro atoms. The Balaban J connectivity index is 3.42. The lowest BCUT2D eigenvalue weighted by Gasteiger charge is -2.07. The predicted molar refractivity (Wildman–Crippen MR) is 90.4 cm³/mol. The minimum Gasteiger partial charge on any atom is -0.480 e. The van der Waals surface area contributed by atoms with E-state index in [4.69, 9.17) is 5.11 Å². The molecule has 3 heteroatoms. The number of unbranched alkanes of at least 4 members (excludes halogenated alkanes) is 4. The smallest absolute Gasteiger partial charge is 0.316 e. The van der Waals surface area contributed by atoms with Gasteiger partial charge in [0.05, 0.1) is 0 Å². The normalized spacial score (nSPS) is 13.3. The lowest BCUT2D eigenvalue weighted by molar-refractivity contribution is -0.136. The van der Waals surface area contributed by atoms with E-state index in [2.05, 4.69) is 31.2 Å². The molecule has 0 amide bonds. The van der Waals surface area contributed by atoms with Crippen molar-refractivity contribution < 1.29 is 9.90 Å². The lowest BCUT2D eigenvalue weighted by Crippen LogP contribution is -2.15. The maximum atomic E-state index is 10.8. The molecule has 1 atom stereocenters. The largest absolute Gasteiger partial charge is 0.480 e. The first kappa shape index (κ1) is 19.3. The molecule has 0 aliphatic rings. The minimum absolute atomic E-state index is 0.231. The van der Waals surface area contributed by atoms with E-state index in [0.717, 1.165) is 25.0 Å². The van der Waals surface area contributed by atoms with Crippen LogP contribution in [0.2, 0.25) is 0 Å². The van der Waals surface area contributed by atoms with Gasteiger partial charge in [0.2, 0.25) is 0 Å². The van der Waals surface area contributed by atoms with Gasteiger partial charge in [0.1, 0.15) is 5.25 Å². The van der Waals surface area contributed by atoms with E-state index in [9.17, 15) is 4.79 Å². The van der Waals surface area contributed by atoms with Crippen LogP contribution in [0, 0.1) is 0 Å². The van der Waals surface area contributed by atoms with Crippen LogP contribution < -0.4 is 0 Å². The van der Waals surface area contributed by atoms with Crippen molar-refractivity contribution in [2.45, 2.75) is 70.5 Å². The zero-order chi connectivity index (χ0) is 15.1. The highest BCUT2D eigenvalue weighted by molar-refractivity contribution is 8.00. The van der Waals surface area contributed by atoms with E-state index in [0.29, 0.717) is 6.42 Å². The van der Waals surface area contributed by atoms with Crippen LogP contribution >= 0.6 is 11.8 Å². The number of carboxylic acid groups (broad SMARTS) is 1. The average Bonchev–Trinajstić information content (AvgIpc) is 2.43. The van der Waals surface area contributed by atoms with Gasteiger partial charge in [0.15, 0.2) is 0 Å². The summed E-state index contributed by atoms with van der Waals surface area (Å²) in [5.41, 5.74) is 0. The molecular formula is C17H30O2S. The maximum absolute atomic E-state index is 10.8. The van der Waals surface area contributed by atoms with E-state index in [1.165, 1.54) is 25.7 Å². The SMILES string of the molecule is CCCCC/C=C\C/C=C\CCCSC(CC)C(=O)O. The molecule has 0 aromatic carbocycles. The van der Waals surface area contributed by atoms with Crippen LogP contribution in [0.3, 0.4) is 0 Å². The molecule has 1 unspecified atom stereocenters. The van der Waals surface area contributed by atoms with Crippen LogP contribution in [0.1, 0.15) is 65.2 Å². The quantitative estimate of drug-likeness (QED) is 0.363. The van der Waals surface area contributed by atoms with Crippen LogP contribution in [-0.4, -0.2) is 22.1 Å². The molecule has 0 heterocycles. The molecule has 116 valence electrons. The molecule has 0 aromatic rings. The van der Waals surface area contributed by atoms with Gasteiger partial charge in [-0.2, -0.15) is 0 Å². The molecule has 1 N–H and O–H groups in total. The summed E-state index contributed by atoms with van der Waals surface area (Å²) in [5.74, 6) is 0.253. The number of hydrogen-bond donors (Lipinski definition) is 1. The van der Waals surface area contributed by atoms with Crippen LogP contribution in [-0.2, 0) is 4.79 Å². The van der Waals surface area contributed by atoms with Crippen molar-refractivity contribution in [1.82, 2.24) is 0 Å². The standard InChI is InChI=1S/C17H30O2S/c1-3-5-6-7-8-9-10-11-12-13-14-15-20-16(4-2)17(18)19/h8-9,11-12,16H,3-7,10,13-15H2,1-2H3,(H,18,19)/b9-8-,12-11-. The first-order valence-corrected chi connectivity index (χ1v) is 8.91. The Morgan fingerprint density at radius 1 is 1.05 bits per heavy atom. The summed E-state index contributed by atoms with van der Waals surface area (Å²) >= 11 is 1.56. The monoisotopic (exact) mass is 298 g/mol. The summed E-state index contributed by atoms with van der Waals surface area (Å²) in [7, 11) is 0. The van der Waals surface area contributed by atoms with Gasteiger partial charge in [-0.3, -0.25) is 4.79 Å². The molecule has 0 saturated carbocycles. The molecule has 2 nitrogen and oxygen atoms in total. The summed E-state index contributed by atoms with van der Waals surface area (Å²) < 4.78 is 0. The second-order valence-electron chi connectivity index (χ2n) is 4.92. The molecule has 0 aliphatic heterocycles. The van der Waals surface area contributed by atoms with Gasteiger partial charge < -0.3 is 5.11 Å². The average molecular weight is 298 g/mol. The van der Waals surface area contributed by atoms with Crippen molar-refractivity contribution in [2.24, 2.45) is 0 Å². The van der Waals surface area contributed by atoms with E-state index in [1.54, 1.807) is 11.8 Å². The summed E-state index contributed by atoms with van der Waals surface area (Å²) in [6.07, 6.45) is 17.9.